The second kappa shape index (κ2) is 5.37. The molecule has 0 saturated heterocycles. The van der Waals surface area contributed by atoms with Crippen LogP contribution in [0.5, 0.6) is 0 Å². The molecule has 1 rings (SSSR count). The van der Waals surface area contributed by atoms with Crippen LogP contribution in [0.1, 0.15) is 46.5 Å². The van der Waals surface area contributed by atoms with Gasteiger partial charge in [0.1, 0.15) is 5.54 Å². The van der Waals surface area contributed by atoms with Crippen LogP contribution in [-0.2, 0) is 0 Å². The summed E-state index contributed by atoms with van der Waals surface area (Å²) in [5.74, 6) is 0. The first-order chi connectivity index (χ1) is 7.82. The highest BCUT2D eigenvalue weighted by Gasteiger charge is 2.31. The Balaban J connectivity index is 2.50. The van der Waals surface area contributed by atoms with Crippen LogP contribution >= 0.6 is 0 Å². The first-order valence-electron chi connectivity index (χ1n) is 6.62. The maximum atomic E-state index is 9.18. The summed E-state index contributed by atoms with van der Waals surface area (Å²) in [6.45, 7) is 7.48. The quantitative estimate of drug-likeness (QED) is 0.816. The van der Waals surface area contributed by atoms with E-state index < -0.39 is 5.54 Å². The molecule has 0 aromatic heterocycles. The van der Waals surface area contributed by atoms with E-state index in [-0.39, 0.29) is 0 Å². The third-order valence-electron chi connectivity index (χ3n) is 4.30. The van der Waals surface area contributed by atoms with Gasteiger partial charge in [0, 0.05) is 12.6 Å². The van der Waals surface area contributed by atoms with Crippen molar-refractivity contribution in [3.05, 3.63) is 0 Å². The van der Waals surface area contributed by atoms with Crippen molar-refractivity contribution < 1.29 is 0 Å². The van der Waals surface area contributed by atoms with Gasteiger partial charge in [-0.05, 0) is 52.1 Å². The molecule has 0 heterocycles. The van der Waals surface area contributed by atoms with Crippen molar-refractivity contribution in [1.82, 2.24) is 10.2 Å². The molecule has 17 heavy (non-hydrogen) atoms. The van der Waals surface area contributed by atoms with Crippen LogP contribution in [0.4, 0.5) is 0 Å². The molecule has 0 radical (unpaired) electrons. The average molecular weight is 237 g/mol. The lowest BCUT2D eigenvalue weighted by molar-refractivity contribution is 0.114. The monoisotopic (exact) mass is 237 g/mol. The molecule has 1 aliphatic rings. The van der Waals surface area contributed by atoms with Crippen LogP contribution in [0.2, 0.25) is 0 Å². The molecule has 0 spiro atoms. The number of rotatable bonds is 4. The zero-order chi connectivity index (χ0) is 13.1. The van der Waals surface area contributed by atoms with Crippen LogP contribution in [0.25, 0.3) is 0 Å². The minimum Gasteiger partial charge on any atom is -0.302 e. The highest BCUT2D eigenvalue weighted by Crippen LogP contribution is 2.36. The summed E-state index contributed by atoms with van der Waals surface area (Å²) in [4.78, 5) is 2.36. The first-order valence-corrected chi connectivity index (χ1v) is 6.62. The molecule has 1 saturated carbocycles. The molecule has 0 bridgehead atoms. The zero-order valence-corrected chi connectivity index (χ0v) is 12.0. The SMILES string of the molecule is CNC(C)(C#N)CN(C)C1CCC(C)(C)CC1. The van der Waals surface area contributed by atoms with Crippen molar-refractivity contribution >= 4 is 0 Å². The van der Waals surface area contributed by atoms with Crippen molar-refractivity contribution in [3.8, 4) is 6.07 Å². The molecule has 3 nitrogen and oxygen atoms in total. The van der Waals surface area contributed by atoms with Gasteiger partial charge in [-0.1, -0.05) is 13.8 Å². The molecule has 0 amide bonds. The summed E-state index contributed by atoms with van der Waals surface area (Å²) in [6.07, 6.45) is 5.11. The predicted octanol–water partition coefficient (Wildman–Crippen LogP) is 2.39. The Morgan fingerprint density at radius 2 is 1.94 bits per heavy atom. The van der Waals surface area contributed by atoms with E-state index in [4.69, 9.17) is 0 Å². The Hall–Kier alpha value is -0.590. The first kappa shape index (κ1) is 14.5. The minimum atomic E-state index is -0.429. The molecular weight excluding hydrogens is 210 g/mol. The summed E-state index contributed by atoms with van der Waals surface area (Å²) < 4.78 is 0. The van der Waals surface area contributed by atoms with E-state index in [1.807, 2.05) is 14.0 Å². The largest absolute Gasteiger partial charge is 0.302 e. The van der Waals surface area contributed by atoms with Gasteiger partial charge in [-0.3, -0.25) is 0 Å². The van der Waals surface area contributed by atoms with Crippen LogP contribution in [-0.4, -0.2) is 37.1 Å². The maximum Gasteiger partial charge on any atom is 0.116 e. The van der Waals surface area contributed by atoms with Gasteiger partial charge in [0.2, 0.25) is 0 Å². The molecule has 1 atom stereocenters. The second-order valence-electron chi connectivity index (χ2n) is 6.50. The third kappa shape index (κ3) is 3.97. The molecule has 0 aliphatic heterocycles. The fourth-order valence-electron chi connectivity index (χ4n) is 2.62. The fraction of sp³-hybridized carbons (Fsp3) is 0.929. The summed E-state index contributed by atoms with van der Waals surface area (Å²) in [5.41, 5.74) is 0.0839. The molecule has 0 aromatic carbocycles. The summed E-state index contributed by atoms with van der Waals surface area (Å²) in [6, 6.07) is 3.00. The number of nitrogens with zero attached hydrogens (tertiary/aromatic N) is 2. The normalized spacial score (nSPS) is 24.3. The highest BCUT2D eigenvalue weighted by molar-refractivity contribution is 5.05. The van der Waals surface area contributed by atoms with Gasteiger partial charge in [-0.25, -0.2) is 0 Å². The van der Waals surface area contributed by atoms with E-state index in [9.17, 15) is 5.26 Å². The zero-order valence-electron chi connectivity index (χ0n) is 12.0. The van der Waals surface area contributed by atoms with Crippen molar-refractivity contribution in [2.45, 2.75) is 58.0 Å². The Kier molecular flexibility index (Phi) is 4.57. The molecule has 98 valence electrons. The standard InChI is InChI=1S/C14H27N3/c1-13(2)8-6-12(7-9-13)17(5)11-14(3,10-15)16-4/h12,16H,6-9,11H2,1-5H3. The minimum absolute atomic E-state index is 0.429. The van der Waals surface area contributed by atoms with Gasteiger partial charge < -0.3 is 10.2 Å². The topological polar surface area (TPSA) is 39.1 Å². The van der Waals surface area contributed by atoms with Gasteiger partial charge in [-0.2, -0.15) is 5.26 Å². The number of nitriles is 1. The van der Waals surface area contributed by atoms with Crippen molar-refractivity contribution in [1.29, 1.82) is 5.26 Å². The van der Waals surface area contributed by atoms with Gasteiger partial charge >= 0.3 is 0 Å². The van der Waals surface area contributed by atoms with Gasteiger partial charge in [0.25, 0.3) is 0 Å². The summed E-state index contributed by atoms with van der Waals surface area (Å²) in [7, 11) is 4.01. The lowest BCUT2D eigenvalue weighted by Gasteiger charge is -2.40. The van der Waals surface area contributed by atoms with Gasteiger partial charge in [0.15, 0.2) is 0 Å². The second-order valence-corrected chi connectivity index (χ2v) is 6.50. The number of hydrogen-bond acceptors (Lipinski definition) is 3. The molecule has 0 aromatic rings. The average Bonchev–Trinajstić information content (AvgIpc) is 2.28. The summed E-state index contributed by atoms with van der Waals surface area (Å²) >= 11 is 0. The van der Waals surface area contributed by atoms with Crippen molar-refractivity contribution in [2.75, 3.05) is 20.6 Å². The maximum absolute atomic E-state index is 9.18. The van der Waals surface area contributed by atoms with Crippen LogP contribution in [0.15, 0.2) is 0 Å². The van der Waals surface area contributed by atoms with Crippen molar-refractivity contribution in [2.24, 2.45) is 5.41 Å². The van der Waals surface area contributed by atoms with Gasteiger partial charge in [0.05, 0.1) is 6.07 Å². The molecule has 1 aliphatic carbocycles. The molecular formula is C14H27N3. The summed E-state index contributed by atoms with van der Waals surface area (Å²) in [5, 5.41) is 12.3. The van der Waals surface area contributed by atoms with E-state index in [1.165, 1.54) is 25.7 Å². The van der Waals surface area contributed by atoms with Crippen LogP contribution in [0, 0.1) is 16.7 Å². The van der Waals surface area contributed by atoms with E-state index in [0.29, 0.717) is 11.5 Å². The van der Waals surface area contributed by atoms with E-state index in [1.54, 1.807) is 0 Å². The molecule has 3 heteroatoms. The van der Waals surface area contributed by atoms with Crippen LogP contribution in [0.3, 0.4) is 0 Å². The smallest absolute Gasteiger partial charge is 0.116 e. The Morgan fingerprint density at radius 3 is 2.35 bits per heavy atom. The number of likely N-dealkylation sites (N-methyl/N-ethyl adjacent to an activating group) is 2. The Labute approximate surface area is 106 Å². The van der Waals surface area contributed by atoms with Gasteiger partial charge in [-0.15, -0.1) is 0 Å². The number of hydrogen-bond donors (Lipinski definition) is 1. The van der Waals surface area contributed by atoms with E-state index in [2.05, 4.69) is 37.2 Å². The van der Waals surface area contributed by atoms with E-state index >= 15 is 0 Å². The fourth-order valence-corrected chi connectivity index (χ4v) is 2.62. The van der Waals surface area contributed by atoms with Crippen molar-refractivity contribution in [3.63, 3.8) is 0 Å². The Bertz CT molecular complexity index is 282. The molecule has 1 unspecified atom stereocenters. The molecule has 1 fully saturated rings. The number of nitrogens with one attached hydrogen (secondary N) is 1. The third-order valence-corrected chi connectivity index (χ3v) is 4.30. The lowest BCUT2D eigenvalue weighted by atomic mass is 9.75. The predicted molar refractivity (Wildman–Crippen MR) is 71.7 cm³/mol. The van der Waals surface area contributed by atoms with Crippen LogP contribution < -0.4 is 5.32 Å². The Morgan fingerprint density at radius 1 is 1.41 bits per heavy atom. The molecule has 1 N–H and O–H groups in total. The lowest BCUT2D eigenvalue weighted by Crippen LogP contribution is -2.51. The van der Waals surface area contributed by atoms with E-state index in [0.717, 1.165) is 6.54 Å². The highest BCUT2D eigenvalue weighted by atomic mass is 15.2.